The molecule has 1 aromatic heterocycles. The van der Waals surface area contributed by atoms with Gasteiger partial charge in [0.2, 0.25) is 0 Å². The van der Waals surface area contributed by atoms with Crippen LogP contribution in [0.1, 0.15) is 18.9 Å². The molecule has 72 valence electrons. The first-order chi connectivity index (χ1) is 6.88. The number of pyridine rings is 1. The fourth-order valence-electron chi connectivity index (χ4n) is 1.01. The third-order valence-corrected chi connectivity index (χ3v) is 1.66. The van der Waals surface area contributed by atoms with Crippen LogP contribution in [0.25, 0.3) is 6.08 Å². The van der Waals surface area contributed by atoms with Gasteiger partial charge in [-0.2, -0.15) is 0 Å². The number of aliphatic imine (C=N–C) groups is 1. The van der Waals surface area contributed by atoms with Gasteiger partial charge in [-0.3, -0.25) is 9.98 Å². The fourth-order valence-corrected chi connectivity index (χ4v) is 1.01. The Balaban J connectivity index is 2.96. The number of hydrogen-bond donors (Lipinski definition) is 0. The van der Waals surface area contributed by atoms with Crippen LogP contribution in [0.5, 0.6) is 0 Å². The van der Waals surface area contributed by atoms with E-state index in [4.69, 9.17) is 0 Å². The molecule has 0 saturated carbocycles. The molecule has 0 aliphatic heterocycles. The van der Waals surface area contributed by atoms with Gasteiger partial charge in [-0.15, -0.1) is 0 Å². The Bertz CT molecular complexity index is 351. The van der Waals surface area contributed by atoms with Gasteiger partial charge in [0.15, 0.2) is 0 Å². The van der Waals surface area contributed by atoms with Crippen molar-refractivity contribution in [3.05, 3.63) is 42.8 Å². The van der Waals surface area contributed by atoms with Gasteiger partial charge in [-0.25, -0.2) is 0 Å². The second-order valence-electron chi connectivity index (χ2n) is 2.75. The SMILES string of the molecule is C=C/C=C\c1ccncc1/N=C/CC. The molecule has 0 radical (unpaired) electrons. The summed E-state index contributed by atoms with van der Waals surface area (Å²) < 4.78 is 0. The van der Waals surface area contributed by atoms with Crippen molar-refractivity contribution in [2.24, 2.45) is 4.99 Å². The van der Waals surface area contributed by atoms with Crippen molar-refractivity contribution in [2.45, 2.75) is 13.3 Å². The monoisotopic (exact) mass is 186 g/mol. The molecule has 0 saturated heterocycles. The number of allylic oxidation sites excluding steroid dienone is 2. The minimum Gasteiger partial charge on any atom is -0.262 e. The first kappa shape index (κ1) is 10.4. The number of aromatic nitrogens is 1. The smallest absolute Gasteiger partial charge is 0.0881 e. The maximum absolute atomic E-state index is 4.30. The van der Waals surface area contributed by atoms with Crippen LogP contribution in [0.4, 0.5) is 5.69 Å². The largest absolute Gasteiger partial charge is 0.262 e. The highest BCUT2D eigenvalue weighted by atomic mass is 14.8. The first-order valence-electron chi connectivity index (χ1n) is 4.64. The molecule has 0 amide bonds. The maximum Gasteiger partial charge on any atom is 0.0881 e. The van der Waals surface area contributed by atoms with E-state index in [0.717, 1.165) is 17.7 Å². The summed E-state index contributed by atoms with van der Waals surface area (Å²) in [5, 5.41) is 0. The molecule has 0 unspecified atom stereocenters. The summed E-state index contributed by atoms with van der Waals surface area (Å²) in [5.41, 5.74) is 1.96. The summed E-state index contributed by atoms with van der Waals surface area (Å²) in [4.78, 5) is 8.34. The maximum atomic E-state index is 4.30. The topological polar surface area (TPSA) is 25.2 Å². The van der Waals surface area contributed by atoms with Gasteiger partial charge < -0.3 is 0 Å². The number of rotatable bonds is 4. The van der Waals surface area contributed by atoms with Crippen molar-refractivity contribution in [2.75, 3.05) is 0 Å². The van der Waals surface area contributed by atoms with Crippen LogP contribution in [-0.2, 0) is 0 Å². The molecule has 2 heteroatoms. The van der Waals surface area contributed by atoms with Crippen molar-refractivity contribution >= 4 is 18.0 Å². The molecule has 0 aliphatic rings. The van der Waals surface area contributed by atoms with Crippen molar-refractivity contribution in [1.29, 1.82) is 0 Å². The predicted octanol–water partition coefficient (Wildman–Crippen LogP) is 3.39. The summed E-state index contributed by atoms with van der Waals surface area (Å²) in [6.07, 6.45) is 11.9. The van der Waals surface area contributed by atoms with Crippen LogP contribution in [0.3, 0.4) is 0 Å². The van der Waals surface area contributed by atoms with E-state index in [2.05, 4.69) is 23.5 Å². The molecular formula is C12H14N2. The predicted molar refractivity (Wildman–Crippen MR) is 61.9 cm³/mol. The van der Waals surface area contributed by atoms with Gasteiger partial charge in [0.1, 0.15) is 0 Å². The van der Waals surface area contributed by atoms with E-state index in [-0.39, 0.29) is 0 Å². The molecule has 0 aromatic carbocycles. The van der Waals surface area contributed by atoms with Crippen LogP contribution in [0.2, 0.25) is 0 Å². The van der Waals surface area contributed by atoms with Crippen molar-refractivity contribution in [3.8, 4) is 0 Å². The average molecular weight is 186 g/mol. The normalized spacial score (nSPS) is 11.2. The summed E-state index contributed by atoms with van der Waals surface area (Å²) in [5.74, 6) is 0. The zero-order chi connectivity index (χ0) is 10.2. The van der Waals surface area contributed by atoms with Crippen LogP contribution >= 0.6 is 0 Å². The Labute approximate surface area is 84.7 Å². The van der Waals surface area contributed by atoms with Gasteiger partial charge in [-0.1, -0.05) is 31.7 Å². The second kappa shape index (κ2) is 5.86. The van der Waals surface area contributed by atoms with Crippen LogP contribution in [0, 0.1) is 0 Å². The fraction of sp³-hybridized carbons (Fsp3) is 0.167. The summed E-state index contributed by atoms with van der Waals surface area (Å²) >= 11 is 0. The molecular weight excluding hydrogens is 172 g/mol. The molecule has 0 N–H and O–H groups in total. The molecule has 2 nitrogen and oxygen atoms in total. The number of nitrogens with zero attached hydrogens (tertiary/aromatic N) is 2. The lowest BCUT2D eigenvalue weighted by molar-refractivity contribution is 1.27. The van der Waals surface area contributed by atoms with Gasteiger partial charge in [-0.05, 0) is 12.5 Å². The van der Waals surface area contributed by atoms with E-state index in [1.807, 2.05) is 24.4 Å². The highest BCUT2D eigenvalue weighted by Crippen LogP contribution is 2.18. The van der Waals surface area contributed by atoms with Crippen LogP contribution in [-0.4, -0.2) is 11.2 Å². The Morgan fingerprint density at radius 1 is 1.57 bits per heavy atom. The van der Waals surface area contributed by atoms with Crippen molar-refractivity contribution in [3.63, 3.8) is 0 Å². The molecule has 0 bridgehead atoms. The van der Waals surface area contributed by atoms with E-state index in [1.165, 1.54) is 0 Å². The molecule has 1 heterocycles. The second-order valence-corrected chi connectivity index (χ2v) is 2.75. The lowest BCUT2D eigenvalue weighted by atomic mass is 10.2. The zero-order valence-electron chi connectivity index (χ0n) is 8.35. The van der Waals surface area contributed by atoms with E-state index in [9.17, 15) is 0 Å². The minimum absolute atomic E-state index is 0.896. The molecule has 14 heavy (non-hydrogen) atoms. The summed E-state index contributed by atoms with van der Waals surface area (Å²) in [7, 11) is 0. The van der Waals surface area contributed by atoms with E-state index in [1.54, 1.807) is 18.5 Å². The van der Waals surface area contributed by atoms with Crippen molar-refractivity contribution < 1.29 is 0 Å². The standard InChI is InChI=1S/C12H14N2/c1-3-5-6-11-7-9-13-10-12(11)14-8-4-2/h3,5-10H,1,4H2,2H3/b6-5-,14-8+. The third kappa shape index (κ3) is 2.98. The highest BCUT2D eigenvalue weighted by Gasteiger charge is 1.94. The van der Waals surface area contributed by atoms with Gasteiger partial charge in [0.05, 0.1) is 11.9 Å². The summed E-state index contributed by atoms with van der Waals surface area (Å²) in [6.45, 7) is 5.68. The Morgan fingerprint density at radius 3 is 3.14 bits per heavy atom. The molecule has 0 fully saturated rings. The summed E-state index contributed by atoms with van der Waals surface area (Å²) in [6, 6.07) is 1.93. The molecule has 1 aromatic rings. The van der Waals surface area contributed by atoms with Gasteiger partial charge in [0, 0.05) is 18.0 Å². The van der Waals surface area contributed by atoms with E-state index < -0.39 is 0 Å². The van der Waals surface area contributed by atoms with Crippen molar-refractivity contribution in [1.82, 2.24) is 4.98 Å². The van der Waals surface area contributed by atoms with E-state index in [0.29, 0.717) is 0 Å². The Morgan fingerprint density at radius 2 is 2.43 bits per heavy atom. The quantitative estimate of drug-likeness (QED) is 0.522. The Kier molecular flexibility index (Phi) is 4.35. The first-order valence-corrected chi connectivity index (χ1v) is 4.64. The lowest BCUT2D eigenvalue weighted by Crippen LogP contribution is -1.78. The number of hydrogen-bond acceptors (Lipinski definition) is 2. The minimum atomic E-state index is 0.896. The van der Waals surface area contributed by atoms with Gasteiger partial charge >= 0.3 is 0 Å². The van der Waals surface area contributed by atoms with E-state index >= 15 is 0 Å². The molecule has 0 atom stereocenters. The molecule has 0 aliphatic carbocycles. The molecule has 1 rings (SSSR count). The van der Waals surface area contributed by atoms with Gasteiger partial charge in [0.25, 0.3) is 0 Å². The zero-order valence-corrected chi connectivity index (χ0v) is 8.35. The Hall–Kier alpha value is -1.70. The third-order valence-electron chi connectivity index (χ3n) is 1.66. The molecule has 0 spiro atoms. The average Bonchev–Trinajstić information content (AvgIpc) is 2.24. The highest BCUT2D eigenvalue weighted by molar-refractivity contribution is 5.69. The lowest BCUT2D eigenvalue weighted by Gasteiger charge is -1.97. The van der Waals surface area contributed by atoms with Crippen LogP contribution < -0.4 is 0 Å². The van der Waals surface area contributed by atoms with Crippen LogP contribution in [0.15, 0.2) is 42.2 Å².